The van der Waals surface area contributed by atoms with Crippen molar-refractivity contribution in [1.29, 1.82) is 0 Å². The molecule has 0 unspecified atom stereocenters. The van der Waals surface area contributed by atoms with Crippen molar-refractivity contribution in [2.75, 3.05) is 16.3 Å². The van der Waals surface area contributed by atoms with Crippen molar-refractivity contribution in [3.8, 4) is 11.6 Å². The Morgan fingerprint density at radius 2 is 2.10 bits per heavy atom. The van der Waals surface area contributed by atoms with Crippen LogP contribution in [0.5, 0.6) is 11.6 Å². The van der Waals surface area contributed by atoms with E-state index in [4.69, 9.17) is 4.74 Å². The fourth-order valence-corrected chi connectivity index (χ4v) is 6.57. The summed E-state index contributed by atoms with van der Waals surface area (Å²) in [6.07, 6.45) is 10.4. The number of thioether (sulfide) groups is 1. The Labute approximate surface area is 193 Å². The number of anilines is 1. The Bertz CT molecular complexity index is 968. The van der Waals surface area contributed by atoms with Crippen LogP contribution >= 0.6 is 33.0 Å². The minimum atomic E-state index is -0.269. The van der Waals surface area contributed by atoms with E-state index < -0.39 is 0 Å². The second kappa shape index (κ2) is 12.0. The molecule has 1 aromatic heterocycles. The van der Waals surface area contributed by atoms with Gasteiger partial charge in [-0.05, 0) is 0 Å². The molecule has 2 aromatic rings. The van der Waals surface area contributed by atoms with E-state index in [1.807, 2.05) is 30.3 Å². The van der Waals surface area contributed by atoms with E-state index in [0.29, 0.717) is 12.4 Å². The first kappa shape index (κ1) is 22.6. The number of aromatic nitrogens is 1. The summed E-state index contributed by atoms with van der Waals surface area (Å²) in [6.45, 7) is 9.03. The number of para-hydroxylation sites is 1. The molecular weight excluding hydrogens is 505 g/mol. The van der Waals surface area contributed by atoms with Crippen molar-refractivity contribution in [2.24, 2.45) is 4.99 Å². The number of nitrogens with zero attached hydrogens (tertiary/aromatic N) is 2. The molecule has 0 fully saturated rings. The number of hydrogen-bond acceptors (Lipinski definition) is 5. The van der Waals surface area contributed by atoms with E-state index in [2.05, 4.69) is 60.0 Å². The average Bonchev–Trinajstić information content (AvgIpc) is 2.81. The summed E-state index contributed by atoms with van der Waals surface area (Å²) in [5, 5.41) is 4.17. The summed E-state index contributed by atoms with van der Waals surface area (Å²) >= 11 is 1.25. The molecule has 0 saturated carbocycles. The van der Waals surface area contributed by atoms with Gasteiger partial charge >= 0.3 is 195 Å². The summed E-state index contributed by atoms with van der Waals surface area (Å²) in [4.78, 5) is 10.1. The quantitative estimate of drug-likeness (QED) is 0.235. The van der Waals surface area contributed by atoms with Crippen LogP contribution in [0.2, 0.25) is 0 Å². The first-order chi connectivity index (χ1) is 14.7. The van der Waals surface area contributed by atoms with Gasteiger partial charge in [-0.15, -0.1) is 0 Å². The van der Waals surface area contributed by atoms with Crippen LogP contribution in [0.15, 0.2) is 82.9 Å². The van der Waals surface area contributed by atoms with Crippen LogP contribution in [0.1, 0.15) is 26.7 Å². The van der Waals surface area contributed by atoms with Crippen LogP contribution < -0.4 is 10.1 Å². The number of allylic oxidation sites excluding steroid dienone is 3. The molecule has 6 heteroatoms. The van der Waals surface area contributed by atoms with Gasteiger partial charge in [0, 0.05) is 0 Å². The Hall–Kier alpha value is -2.06. The van der Waals surface area contributed by atoms with E-state index in [0.717, 1.165) is 27.1 Å². The van der Waals surface area contributed by atoms with E-state index in [9.17, 15) is 0 Å². The molecule has 0 radical (unpaired) electrons. The monoisotopic (exact) mass is 533 g/mol. The van der Waals surface area contributed by atoms with Crippen LogP contribution in [0.4, 0.5) is 5.69 Å². The summed E-state index contributed by atoms with van der Waals surface area (Å²) in [6, 6.07) is 12.2. The molecule has 30 heavy (non-hydrogen) atoms. The van der Waals surface area contributed by atoms with Gasteiger partial charge in [0.25, 0.3) is 0 Å². The van der Waals surface area contributed by atoms with Gasteiger partial charge in [0.05, 0.1) is 0 Å². The molecule has 0 aliphatic carbocycles. The van der Waals surface area contributed by atoms with Gasteiger partial charge in [0.1, 0.15) is 0 Å². The standard InChI is InChI=1S/C24H28IN3OS/c1-4-5-14-25-20-11-6-7-13-22(20)29-23-21(12-9-15-26-23)28-24-27-16-8-10-18(2)17-19(3)30-24/h6-13,15,17,25H,3-5,14,16H2,1-2H3,(H,27,28)/b10-8-,18-17-. The summed E-state index contributed by atoms with van der Waals surface area (Å²) < 4.78 is 8.90. The van der Waals surface area contributed by atoms with Gasteiger partial charge in [0.2, 0.25) is 0 Å². The number of rotatable bonds is 7. The second-order valence-corrected chi connectivity index (χ2v) is 11.1. The second-order valence-electron chi connectivity index (χ2n) is 6.74. The predicted molar refractivity (Wildman–Crippen MR) is 140 cm³/mol. The number of amidine groups is 1. The van der Waals surface area contributed by atoms with E-state index >= 15 is 0 Å². The first-order valence-electron chi connectivity index (χ1n) is 10.0. The van der Waals surface area contributed by atoms with Crippen molar-refractivity contribution in [3.63, 3.8) is 0 Å². The van der Waals surface area contributed by atoms with Crippen molar-refractivity contribution in [3.05, 3.63) is 81.5 Å². The van der Waals surface area contributed by atoms with Gasteiger partial charge in [-0.1, -0.05) is 0 Å². The maximum absolute atomic E-state index is 6.28. The Morgan fingerprint density at radius 1 is 1.23 bits per heavy atom. The van der Waals surface area contributed by atoms with Gasteiger partial charge in [-0.3, -0.25) is 0 Å². The van der Waals surface area contributed by atoms with Gasteiger partial charge in [0.15, 0.2) is 0 Å². The number of nitrogens with one attached hydrogen (secondary N) is 1. The molecule has 1 aliphatic heterocycles. The third kappa shape index (κ3) is 7.02. The number of aliphatic imine (C=N–C) groups is 1. The van der Waals surface area contributed by atoms with Crippen LogP contribution in [0.3, 0.4) is 0 Å². The molecule has 1 aromatic carbocycles. The molecule has 1 aliphatic rings. The first-order valence-corrected chi connectivity index (χ1v) is 13.7. The van der Waals surface area contributed by atoms with Crippen LogP contribution in [-0.4, -0.2) is 21.1 Å². The number of ether oxygens (including phenoxy) is 1. The molecule has 158 valence electrons. The van der Waals surface area contributed by atoms with Crippen LogP contribution in [-0.2, 0) is 0 Å². The Kier molecular flexibility index (Phi) is 9.01. The SMILES string of the molecule is C=C1/C=C(C)\C=C/CN=C(Nc2cccnc2Oc2ccccc2[IH]CCCC)S1. The Morgan fingerprint density at radius 3 is 2.97 bits per heavy atom. The summed E-state index contributed by atoms with van der Waals surface area (Å²) in [5.41, 5.74) is 1.96. The van der Waals surface area contributed by atoms with E-state index in [-0.39, 0.29) is 21.2 Å². The normalized spacial score (nSPS) is 17.2. The zero-order chi connectivity index (χ0) is 21.2. The van der Waals surface area contributed by atoms with Crippen molar-refractivity contribution in [1.82, 2.24) is 4.98 Å². The molecule has 0 atom stereocenters. The maximum atomic E-state index is 6.28. The average molecular weight is 533 g/mol. The third-order valence-corrected chi connectivity index (χ3v) is 8.22. The summed E-state index contributed by atoms with van der Waals surface area (Å²) in [7, 11) is 0. The van der Waals surface area contributed by atoms with Gasteiger partial charge in [-0.2, -0.15) is 0 Å². The zero-order valence-electron chi connectivity index (χ0n) is 17.4. The molecule has 0 amide bonds. The van der Waals surface area contributed by atoms with Crippen molar-refractivity contribution >= 4 is 43.8 Å². The fraction of sp³-hybridized carbons (Fsp3) is 0.250. The number of unbranched alkanes of at least 4 members (excludes halogenated alkanes) is 1. The number of halogens is 1. The fourth-order valence-electron chi connectivity index (χ4n) is 2.69. The van der Waals surface area contributed by atoms with E-state index in [1.165, 1.54) is 32.6 Å². The molecular formula is C24H28IN3OS. The zero-order valence-corrected chi connectivity index (χ0v) is 20.6. The molecule has 4 nitrogen and oxygen atoms in total. The molecule has 0 spiro atoms. The van der Waals surface area contributed by atoms with Crippen LogP contribution in [0, 0.1) is 3.57 Å². The van der Waals surface area contributed by atoms with Crippen molar-refractivity contribution < 1.29 is 4.74 Å². The van der Waals surface area contributed by atoms with Crippen molar-refractivity contribution in [2.45, 2.75) is 26.7 Å². The molecule has 0 bridgehead atoms. The Balaban J connectivity index is 1.79. The minimum absolute atomic E-state index is 0.269. The van der Waals surface area contributed by atoms with Gasteiger partial charge in [-0.25, -0.2) is 0 Å². The topological polar surface area (TPSA) is 46.5 Å². The number of pyridine rings is 1. The van der Waals surface area contributed by atoms with Crippen LogP contribution in [0.25, 0.3) is 0 Å². The molecule has 1 N–H and O–H groups in total. The molecule has 0 saturated heterocycles. The molecule has 3 rings (SSSR count). The molecule has 2 heterocycles. The van der Waals surface area contributed by atoms with Gasteiger partial charge < -0.3 is 0 Å². The summed E-state index contributed by atoms with van der Waals surface area (Å²) in [5.74, 6) is 1.47. The number of hydrogen-bond donors (Lipinski definition) is 1. The van der Waals surface area contributed by atoms with E-state index in [1.54, 1.807) is 6.20 Å². The number of alkyl halides is 1. The number of benzene rings is 1. The predicted octanol–water partition coefficient (Wildman–Crippen LogP) is 7.08. The third-order valence-electron chi connectivity index (χ3n) is 4.16.